The maximum absolute atomic E-state index is 12.4. The Morgan fingerprint density at radius 2 is 1.85 bits per heavy atom. The third-order valence-corrected chi connectivity index (χ3v) is 4.87. The zero-order chi connectivity index (χ0) is 19.1. The van der Waals surface area contributed by atoms with Crippen LogP contribution in [-0.2, 0) is 9.59 Å². The summed E-state index contributed by atoms with van der Waals surface area (Å²) >= 11 is 0. The summed E-state index contributed by atoms with van der Waals surface area (Å²) < 4.78 is 0. The van der Waals surface area contributed by atoms with E-state index in [1.165, 1.54) is 0 Å². The highest BCUT2D eigenvalue weighted by Crippen LogP contribution is 2.27. The molecule has 2 rings (SSSR count). The van der Waals surface area contributed by atoms with Crippen molar-refractivity contribution in [3.05, 3.63) is 24.3 Å². The zero-order valence-electron chi connectivity index (χ0n) is 16.5. The highest BCUT2D eigenvalue weighted by atomic mass is 16.2. The van der Waals surface area contributed by atoms with Crippen LogP contribution >= 0.6 is 0 Å². The number of rotatable bonds is 9. The van der Waals surface area contributed by atoms with Crippen molar-refractivity contribution in [2.75, 3.05) is 56.6 Å². The smallest absolute Gasteiger partial charge is 0.227 e. The number of hydrogen-bond acceptors (Lipinski definition) is 4. The molecule has 1 aromatic rings. The molecule has 26 heavy (non-hydrogen) atoms. The van der Waals surface area contributed by atoms with Crippen LogP contribution < -0.4 is 15.1 Å². The molecule has 1 heterocycles. The van der Waals surface area contributed by atoms with E-state index in [1.54, 1.807) is 4.90 Å². The average molecular weight is 361 g/mol. The first-order valence-corrected chi connectivity index (χ1v) is 9.54. The molecular weight excluding hydrogens is 328 g/mol. The second-order valence-corrected chi connectivity index (χ2v) is 7.04. The van der Waals surface area contributed by atoms with Crippen molar-refractivity contribution < 1.29 is 9.59 Å². The van der Waals surface area contributed by atoms with E-state index in [0.717, 1.165) is 37.4 Å². The molecule has 1 aliphatic heterocycles. The lowest BCUT2D eigenvalue weighted by atomic mass is 10.1. The summed E-state index contributed by atoms with van der Waals surface area (Å²) in [5.74, 6) is -0.252. The maximum Gasteiger partial charge on any atom is 0.227 e. The molecule has 2 amide bonds. The number of anilines is 2. The fourth-order valence-corrected chi connectivity index (χ4v) is 3.32. The minimum atomic E-state index is -0.260. The van der Waals surface area contributed by atoms with Crippen molar-refractivity contribution in [3.8, 4) is 0 Å². The van der Waals surface area contributed by atoms with Gasteiger partial charge in [0.2, 0.25) is 11.8 Å². The first-order chi connectivity index (χ1) is 12.5. The number of benzene rings is 1. The maximum atomic E-state index is 12.4. The van der Waals surface area contributed by atoms with E-state index in [0.29, 0.717) is 13.1 Å². The molecule has 1 fully saturated rings. The van der Waals surface area contributed by atoms with Crippen LogP contribution in [0.4, 0.5) is 11.4 Å². The van der Waals surface area contributed by atoms with Gasteiger partial charge < -0.3 is 20.0 Å². The molecule has 0 aromatic heterocycles. The number of nitrogens with zero attached hydrogens (tertiary/aromatic N) is 3. The molecule has 6 heteroatoms. The van der Waals surface area contributed by atoms with Gasteiger partial charge in [-0.3, -0.25) is 9.59 Å². The third kappa shape index (κ3) is 5.21. The minimum Gasteiger partial charge on any atom is -0.372 e. The molecule has 0 saturated carbocycles. The first kappa shape index (κ1) is 20.2. The molecular formula is C20H32N4O2. The number of amides is 2. The van der Waals surface area contributed by atoms with Crippen LogP contribution in [0.25, 0.3) is 0 Å². The summed E-state index contributed by atoms with van der Waals surface area (Å²) in [5, 5.41) is 2.96. The van der Waals surface area contributed by atoms with E-state index in [2.05, 4.69) is 29.0 Å². The van der Waals surface area contributed by atoms with Gasteiger partial charge in [-0.2, -0.15) is 0 Å². The van der Waals surface area contributed by atoms with E-state index >= 15 is 0 Å². The normalized spacial score (nSPS) is 17.0. The number of carbonyl (C=O) groups excluding carboxylic acids is 2. The molecule has 0 aliphatic carbocycles. The Morgan fingerprint density at radius 3 is 2.42 bits per heavy atom. The van der Waals surface area contributed by atoms with Crippen LogP contribution in [0.1, 0.15) is 26.7 Å². The largest absolute Gasteiger partial charge is 0.372 e. The quantitative estimate of drug-likeness (QED) is 0.684. The lowest BCUT2D eigenvalue weighted by molar-refractivity contribution is -0.126. The van der Waals surface area contributed by atoms with Crippen LogP contribution in [0.5, 0.6) is 0 Å². The molecule has 1 unspecified atom stereocenters. The Morgan fingerprint density at radius 1 is 1.19 bits per heavy atom. The SMILES string of the molecule is CCN(CC)c1ccc(N2CC(C(=O)NCCCN(C)C)CC2=O)cc1. The van der Waals surface area contributed by atoms with Gasteiger partial charge in [0.15, 0.2) is 0 Å². The van der Waals surface area contributed by atoms with E-state index in [1.807, 2.05) is 38.4 Å². The van der Waals surface area contributed by atoms with Crippen molar-refractivity contribution in [2.45, 2.75) is 26.7 Å². The molecule has 1 N–H and O–H groups in total. The van der Waals surface area contributed by atoms with Gasteiger partial charge in [-0.05, 0) is 65.2 Å². The lowest BCUT2D eigenvalue weighted by Gasteiger charge is -2.22. The van der Waals surface area contributed by atoms with Crippen LogP contribution in [0.2, 0.25) is 0 Å². The topological polar surface area (TPSA) is 55.9 Å². The van der Waals surface area contributed by atoms with Gasteiger partial charge in [-0.1, -0.05) is 0 Å². The Balaban J connectivity index is 1.91. The summed E-state index contributed by atoms with van der Waals surface area (Å²) in [6, 6.07) is 8.04. The van der Waals surface area contributed by atoms with Crippen molar-refractivity contribution in [1.82, 2.24) is 10.2 Å². The second-order valence-electron chi connectivity index (χ2n) is 7.04. The fraction of sp³-hybridized carbons (Fsp3) is 0.600. The Kier molecular flexibility index (Phi) is 7.45. The van der Waals surface area contributed by atoms with Gasteiger partial charge in [0.25, 0.3) is 0 Å². The summed E-state index contributed by atoms with van der Waals surface area (Å²) in [6.45, 7) is 8.22. The van der Waals surface area contributed by atoms with Crippen LogP contribution in [0, 0.1) is 5.92 Å². The zero-order valence-corrected chi connectivity index (χ0v) is 16.5. The highest BCUT2D eigenvalue weighted by Gasteiger charge is 2.34. The van der Waals surface area contributed by atoms with Gasteiger partial charge in [0, 0.05) is 44.0 Å². The summed E-state index contributed by atoms with van der Waals surface area (Å²) in [6.07, 6.45) is 1.20. The van der Waals surface area contributed by atoms with E-state index in [4.69, 9.17) is 0 Å². The molecule has 1 atom stereocenters. The van der Waals surface area contributed by atoms with Crippen LogP contribution in [-0.4, -0.2) is 63.5 Å². The molecule has 0 bridgehead atoms. The first-order valence-electron chi connectivity index (χ1n) is 9.54. The van der Waals surface area contributed by atoms with Crippen LogP contribution in [0.15, 0.2) is 24.3 Å². The lowest BCUT2D eigenvalue weighted by Crippen LogP contribution is -2.34. The van der Waals surface area contributed by atoms with Gasteiger partial charge in [-0.15, -0.1) is 0 Å². The number of hydrogen-bond donors (Lipinski definition) is 1. The third-order valence-electron chi connectivity index (χ3n) is 4.87. The van der Waals surface area contributed by atoms with Crippen molar-refractivity contribution in [2.24, 2.45) is 5.92 Å². The van der Waals surface area contributed by atoms with Gasteiger partial charge in [-0.25, -0.2) is 0 Å². The molecule has 1 saturated heterocycles. The Hall–Kier alpha value is -2.08. The fourth-order valence-electron chi connectivity index (χ4n) is 3.32. The summed E-state index contributed by atoms with van der Waals surface area (Å²) in [7, 11) is 4.03. The van der Waals surface area contributed by atoms with Crippen LogP contribution in [0.3, 0.4) is 0 Å². The molecule has 6 nitrogen and oxygen atoms in total. The molecule has 0 radical (unpaired) electrons. The predicted molar refractivity (Wildman–Crippen MR) is 107 cm³/mol. The standard InChI is InChI=1S/C20H32N4O2/c1-5-23(6-2)17-8-10-18(11-9-17)24-15-16(14-19(24)25)20(26)21-12-7-13-22(3)4/h8-11,16H,5-7,12-15H2,1-4H3,(H,21,26). The number of carbonyl (C=O) groups is 2. The second kappa shape index (κ2) is 9.57. The van der Waals surface area contributed by atoms with Crippen molar-refractivity contribution in [1.29, 1.82) is 0 Å². The van der Waals surface area contributed by atoms with E-state index in [-0.39, 0.29) is 24.2 Å². The van der Waals surface area contributed by atoms with Gasteiger partial charge in [0.1, 0.15) is 0 Å². The summed E-state index contributed by atoms with van der Waals surface area (Å²) in [4.78, 5) is 30.8. The molecule has 1 aliphatic rings. The Bertz CT molecular complexity index is 596. The minimum absolute atomic E-state index is 0.0145. The van der Waals surface area contributed by atoms with Gasteiger partial charge >= 0.3 is 0 Å². The molecule has 144 valence electrons. The highest BCUT2D eigenvalue weighted by molar-refractivity contribution is 6.00. The summed E-state index contributed by atoms with van der Waals surface area (Å²) in [5.41, 5.74) is 2.02. The number of nitrogens with one attached hydrogen (secondary N) is 1. The Labute approximate surface area is 157 Å². The van der Waals surface area contributed by atoms with E-state index < -0.39 is 0 Å². The average Bonchev–Trinajstić information content (AvgIpc) is 3.02. The van der Waals surface area contributed by atoms with Crippen molar-refractivity contribution in [3.63, 3.8) is 0 Å². The monoisotopic (exact) mass is 360 g/mol. The predicted octanol–water partition coefficient (Wildman–Crippen LogP) is 1.95. The van der Waals surface area contributed by atoms with E-state index in [9.17, 15) is 9.59 Å². The van der Waals surface area contributed by atoms with Gasteiger partial charge in [0.05, 0.1) is 5.92 Å². The van der Waals surface area contributed by atoms with Crippen molar-refractivity contribution >= 4 is 23.2 Å². The molecule has 0 spiro atoms. The molecule has 1 aromatic carbocycles.